The van der Waals surface area contributed by atoms with E-state index < -0.39 is 6.10 Å². The van der Waals surface area contributed by atoms with Crippen LogP contribution in [-0.2, 0) is 4.79 Å². The number of aryl methyl sites for hydroxylation is 1. The van der Waals surface area contributed by atoms with Crippen molar-refractivity contribution in [1.82, 2.24) is 9.88 Å². The molecular formula is C17H20N2O2S. The van der Waals surface area contributed by atoms with E-state index in [1.807, 2.05) is 25.1 Å². The summed E-state index contributed by atoms with van der Waals surface area (Å²) >= 11 is 1.70. The van der Waals surface area contributed by atoms with Crippen molar-refractivity contribution in [3.05, 3.63) is 52.0 Å². The number of piperidine rings is 1. The number of likely N-dealkylation sites (tertiary alicyclic amines) is 1. The molecule has 1 fully saturated rings. The normalized spacial score (nSPS) is 17.5. The number of amides is 1. The summed E-state index contributed by atoms with van der Waals surface area (Å²) < 4.78 is 0. The van der Waals surface area contributed by atoms with Gasteiger partial charge in [-0.25, -0.2) is 4.98 Å². The molecule has 1 aromatic heterocycles. The first kappa shape index (κ1) is 15.2. The standard InChI is InChI=1S/C17H20N2O2S/c1-12-11-22-16(18-12)14-7-9-19(10-8-14)17(21)15(20)13-5-3-2-4-6-13/h2-6,11,14-15,20H,7-10H2,1H3. The fraction of sp³-hybridized carbons (Fsp3) is 0.412. The van der Waals surface area contributed by atoms with Gasteiger partial charge in [0.2, 0.25) is 0 Å². The number of carbonyl (C=O) groups excluding carboxylic acids is 1. The first-order valence-electron chi connectivity index (χ1n) is 7.59. The zero-order chi connectivity index (χ0) is 15.5. The Morgan fingerprint density at radius 3 is 2.59 bits per heavy atom. The molecule has 1 atom stereocenters. The summed E-state index contributed by atoms with van der Waals surface area (Å²) in [6.07, 6.45) is 0.778. The number of aliphatic hydroxyl groups excluding tert-OH is 1. The Hall–Kier alpha value is -1.72. The van der Waals surface area contributed by atoms with E-state index in [-0.39, 0.29) is 5.91 Å². The summed E-state index contributed by atoms with van der Waals surface area (Å²) in [6.45, 7) is 3.38. The molecule has 1 N–H and O–H groups in total. The molecule has 3 rings (SSSR count). The molecule has 4 nitrogen and oxygen atoms in total. The van der Waals surface area contributed by atoms with Gasteiger partial charge in [-0.1, -0.05) is 30.3 Å². The predicted molar refractivity (Wildman–Crippen MR) is 86.8 cm³/mol. The van der Waals surface area contributed by atoms with Crippen molar-refractivity contribution >= 4 is 17.2 Å². The lowest BCUT2D eigenvalue weighted by atomic mass is 9.96. The summed E-state index contributed by atoms with van der Waals surface area (Å²) in [4.78, 5) is 18.7. The monoisotopic (exact) mass is 316 g/mol. The number of thiazole rings is 1. The lowest BCUT2D eigenvalue weighted by molar-refractivity contribution is -0.141. The van der Waals surface area contributed by atoms with E-state index in [1.54, 1.807) is 28.4 Å². The number of aliphatic hydroxyl groups is 1. The second-order valence-electron chi connectivity index (χ2n) is 5.74. The molecule has 0 spiro atoms. The largest absolute Gasteiger partial charge is 0.378 e. The molecule has 1 aliphatic heterocycles. The summed E-state index contributed by atoms with van der Waals surface area (Å²) in [5.41, 5.74) is 1.73. The Labute approximate surface area is 134 Å². The van der Waals surface area contributed by atoms with Crippen LogP contribution in [-0.4, -0.2) is 34.0 Å². The Morgan fingerprint density at radius 1 is 1.32 bits per heavy atom. The highest BCUT2D eigenvalue weighted by atomic mass is 32.1. The predicted octanol–water partition coefficient (Wildman–Crippen LogP) is 2.89. The van der Waals surface area contributed by atoms with Crippen molar-refractivity contribution < 1.29 is 9.90 Å². The average molecular weight is 316 g/mol. The van der Waals surface area contributed by atoms with Gasteiger partial charge in [-0.15, -0.1) is 11.3 Å². The zero-order valence-electron chi connectivity index (χ0n) is 12.6. The lowest BCUT2D eigenvalue weighted by Crippen LogP contribution is -2.40. The molecule has 0 bridgehead atoms. The number of benzene rings is 1. The summed E-state index contributed by atoms with van der Waals surface area (Å²) in [5, 5.41) is 13.5. The number of nitrogens with zero attached hydrogens (tertiary/aromatic N) is 2. The van der Waals surface area contributed by atoms with Crippen LogP contribution < -0.4 is 0 Å². The van der Waals surface area contributed by atoms with Gasteiger partial charge in [0.05, 0.1) is 5.01 Å². The van der Waals surface area contributed by atoms with Gasteiger partial charge in [0.25, 0.3) is 5.91 Å². The first-order chi connectivity index (χ1) is 10.6. The highest BCUT2D eigenvalue weighted by molar-refractivity contribution is 7.09. The van der Waals surface area contributed by atoms with Crippen molar-refractivity contribution in [2.45, 2.75) is 31.8 Å². The van der Waals surface area contributed by atoms with Crippen LogP contribution in [0.15, 0.2) is 35.7 Å². The molecule has 1 saturated heterocycles. The van der Waals surface area contributed by atoms with Crippen LogP contribution in [0, 0.1) is 6.92 Å². The van der Waals surface area contributed by atoms with E-state index in [1.165, 1.54) is 5.01 Å². The van der Waals surface area contributed by atoms with Gasteiger partial charge >= 0.3 is 0 Å². The van der Waals surface area contributed by atoms with Crippen LogP contribution in [0.4, 0.5) is 0 Å². The smallest absolute Gasteiger partial charge is 0.256 e. The SMILES string of the molecule is Cc1csc(C2CCN(C(=O)C(O)c3ccccc3)CC2)n1. The Morgan fingerprint density at radius 2 is 2.00 bits per heavy atom. The zero-order valence-corrected chi connectivity index (χ0v) is 13.4. The number of aromatic nitrogens is 1. The summed E-state index contributed by atoms with van der Waals surface area (Å²) in [6, 6.07) is 9.12. The Kier molecular flexibility index (Phi) is 4.55. The Bertz CT molecular complexity index is 633. The van der Waals surface area contributed by atoms with Crippen molar-refractivity contribution in [3.63, 3.8) is 0 Å². The van der Waals surface area contributed by atoms with Gasteiger partial charge in [0.15, 0.2) is 6.10 Å². The van der Waals surface area contributed by atoms with E-state index in [0.717, 1.165) is 18.5 Å². The molecule has 1 unspecified atom stereocenters. The van der Waals surface area contributed by atoms with Gasteiger partial charge in [-0.3, -0.25) is 4.79 Å². The van der Waals surface area contributed by atoms with E-state index in [0.29, 0.717) is 24.6 Å². The van der Waals surface area contributed by atoms with E-state index in [2.05, 4.69) is 10.4 Å². The van der Waals surface area contributed by atoms with Gasteiger partial charge in [-0.2, -0.15) is 0 Å². The lowest BCUT2D eigenvalue weighted by Gasteiger charge is -2.32. The maximum Gasteiger partial charge on any atom is 0.256 e. The minimum absolute atomic E-state index is 0.194. The van der Waals surface area contributed by atoms with Gasteiger partial charge < -0.3 is 10.0 Å². The maximum absolute atomic E-state index is 12.4. The number of rotatable bonds is 3. The highest BCUT2D eigenvalue weighted by Gasteiger charge is 2.29. The molecule has 2 heterocycles. The quantitative estimate of drug-likeness (QED) is 0.947. The molecule has 5 heteroatoms. The topological polar surface area (TPSA) is 53.4 Å². The van der Waals surface area contributed by atoms with Crippen molar-refractivity contribution in [2.75, 3.05) is 13.1 Å². The van der Waals surface area contributed by atoms with E-state index in [9.17, 15) is 9.90 Å². The Balaban J connectivity index is 1.60. The fourth-order valence-corrected chi connectivity index (χ4v) is 3.83. The second kappa shape index (κ2) is 6.58. The average Bonchev–Trinajstić information content (AvgIpc) is 3.01. The van der Waals surface area contributed by atoms with E-state index >= 15 is 0 Å². The van der Waals surface area contributed by atoms with Crippen molar-refractivity contribution in [3.8, 4) is 0 Å². The number of hydrogen-bond donors (Lipinski definition) is 1. The third-order valence-corrected chi connectivity index (χ3v) is 5.27. The molecule has 2 aromatic rings. The van der Waals surface area contributed by atoms with Crippen molar-refractivity contribution in [2.24, 2.45) is 0 Å². The minimum Gasteiger partial charge on any atom is -0.378 e. The van der Waals surface area contributed by atoms with Crippen LogP contribution in [0.1, 0.15) is 41.1 Å². The number of hydrogen-bond acceptors (Lipinski definition) is 4. The van der Waals surface area contributed by atoms with Gasteiger partial charge in [-0.05, 0) is 25.3 Å². The van der Waals surface area contributed by atoms with Crippen molar-refractivity contribution in [1.29, 1.82) is 0 Å². The van der Waals surface area contributed by atoms with E-state index in [4.69, 9.17) is 0 Å². The molecule has 0 saturated carbocycles. The number of carbonyl (C=O) groups is 1. The molecule has 0 aliphatic carbocycles. The second-order valence-corrected chi connectivity index (χ2v) is 6.63. The molecule has 0 radical (unpaired) electrons. The third kappa shape index (κ3) is 3.20. The van der Waals surface area contributed by atoms with Crippen LogP contribution in [0.5, 0.6) is 0 Å². The third-order valence-electron chi connectivity index (χ3n) is 4.14. The summed E-state index contributed by atoms with van der Waals surface area (Å²) in [5.74, 6) is 0.247. The molecule has 22 heavy (non-hydrogen) atoms. The molecular weight excluding hydrogens is 296 g/mol. The maximum atomic E-state index is 12.4. The molecule has 1 aliphatic rings. The van der Waals surface area contributed by atoms with Crippen LogP contribution in [0.3, 0.4) is 0 Å². The van der Waals surface area contributed by atoms with Gasteiger partial charge in [0, 0.05) is 30.1 Å². The first-order valence-corrected chi connectivity index (χ1v) is 8.47. The molecule has 116 valence electrons. The molecule has 1 aromatic carbocycles. The fourth-order valence-electron chi connectivity index (χ4n) is 2.86. The van der Waals surface area contributed by atoms with Crippen LogP contribution in [0.2, 0.25) is 0 Å². The highest BCUT2D eigenvalue weighted by Crippen LogP contribution is 2.31. The summed E-state index contributed by atoms with van der Waals surface area (Å²) in [7, 11) is 0. The van der Waals surface area contributed by atoms with Crippen LogP contribution in [0.25, 0.3) is 0 Å². The molecule has 1 amide bonds. The van der Waals surface area contributed by atoms with Gasteiger partial charge in [0.1, 0.15) is 0 Å². The van der Waals surface area contributed by atoms with Crippen LogP contribution >= 0.6 is 11.3 Å². The minimum atomic E-state index is -1.06.